The molecule has 0 N–H and O–H groups in total. The molecule has 2 amide bonds. The van der Waals surface area contributed by atoms with Gasteiger partial charge in [-0.1, -0.05) is 0 Å². The lowest BCUT2D eigenvalue weighted by molar-refractivity contribution is -0.944. The topological polar surface area (TPSA) is 37.4 Å². The molecule has 0 aliphatic carbocycles. The maximum atomic E-state index is 12.2. The predicted molar refractivity (Wildman–Crippen MR) is 72.3 cm³/mol. The van der Waals surface area contributed by atoms with Gasteiger partial charge in [-0.05, 0) is 32.1 Å². The molecule has 0 aromatic heterocycles. The Kier molecular flexibility index (Phi) is 3.37. The molecule has 0 saturated carbocycles. The monoisotopic (exact) mass is 265 g/mol. The van der Waals surface area contributed by atoms with E-state index < -0.39 is 0 Å². The fourth-order valence-electron chi connectivity index (χ4n) is 4.49. The number of imide groups is 1. The van der Waals surface area contributed by atoms with E-state index in [9.17, 15) is 9.59 Å². The van der Waals surface area contributed by atoms with E-state index in [4.69, 9.17) is 0 Å². The molecular formula is C15H25N2O2+. The maximum Gasteiger partial charge on any atom is 0.229 e. The van der Waals surface area contributed by atoms with Gasteiger partial charge in [-0.3, -0.25) is 14.5 Å². The zero-order chi connectivity index (χ0) is 13.5. The smallest absolute Gasteiger partial charge is 0.229 e. The van der Waals surface area contributed by atoms with Crippen molar-refractivity contribution in [1.82, 2.24) is 4.90 Å². The average Bonchev–Trinajstić information content (AvgIpc) is 2.38. The van der Waals surface area contributed by atoms with E-state index in [1.54, 1.807) is 4.90 Å². The van der Waals surface area contributed by atoms with Gasteiger partial charge in [0, 0.05) is 19.3 Å². The summed E-state index contributed by atoms with van der Waals surface area (Å²) in [6.07, 6.45) is 7.78. The van der Waals surface area contributed by atoms with Crippen molar-refractivity contribution in [2.24, 2.45) is 0 Å². The molecule has 0 unspecified atom stereocenters. The molecule has 3 saturated heterocycles. The molecule has 19 heavy (non-hydrogen) atoms. The van der Waals surface area contributed by atoms with Crippen LogP contribution in [0.1, 0.15) is 51.4 Å². The van der Waals surface area contributed by atoms with Gasteiger partial charge in [0.15, 0.2) is 0 Å². The third-order valence-corrected chi connectivity index (χ3v) is 5.48. The number of hydrogen-bond donors (Lipinski definition) is 0. The van der Waals surface area contributed by atoms with Crippen LogP contribution in [-0.2, 0) is 9.59 Å². The van der Waals surface area contributed by atoms with Gasteiger partial charge in [0.1, 0.15) is 6.04 Å². The first kappa shape index (κ1) is 13.1. The van der Waals surface area contributed by atoms with Gasteiger partial charge in [0.25, 0.3) is 0 Å². The fourth-order valence-corrected chi connectivity index (χ4v) is 4.49. The first-order chi connectivity index (χ1) is 9.12. The van der Waals surface area contributed by atoms with Crippen LogP contribution in [0.3, 0.4) is 0 Å². The second kappa shape index (κ2) is 4.89. The first-order valence-electron chi connectivity index (χ1n) is 7.81. The highest BCUT2D eigenvalue weighted by Crippen LogP contribution is 2.36. The van der Waals surface area contributed by atoms with Crippen molar-refractivity contribution in [1.29, 1.82) is 0 Å². The number of likely N-dealkylation sites (tertiary alicyclic amines) is 1. The summed E-state index contributed by atoms with van der Waals surface area (Å²) in [4.78, 5) is 26.0. The molecule has 0 aromatic carbocycles. The van der Waals surface area contributed by atoms with Gasteiger partial charge >= 0.3 is 0 Å². The number of carbonyl (C=O) groups is 2. The summed E-state index contributed by atoms with van der Waals surface area (Å²) in [6, 6.07) is 0.674. The molecule has 0 radical (unpaired) electrons. The second-order valence-corrected chi connectivity index (χ2v) is 6.71. The molecule has 106 valence electrons. The number of fused-ring (bicyclic) bond motifs is 1. The summed E-state index contributed by atoms with van der Waals surface area (Å²) in [7, 11) is 2.33. The van der Waals surface area contributed by atoms with Gasteiger partial charge in [0.05, 0.1) is 26.2 Å². The molecule has 4 nitrogen and oxygen atoms in total. The number of carbonyl (C=O) groups excluding carboxylic acids is 2. The van der Waals surface area contributed by atoms with Crippen molar-refractivity contribution >= 4 is 11.8 Å². The summed E-state index contributed by atoms with van der Waals surface area (Å²) in [6.45, 7) is 2.44. The van der Waals surface area contributed by atoms with Crippen LogP contribution in [0.2, 0.25) is 0 Å². The maximum absolute atomic E-state index is 12.2. The van der Waals surface area contributed by atoms with Gasteiger partial charge < -0.3 is 4.48 Å². The molecular weight excluding hydrogens is 240 g/mol. The minimum absolute atomic E-state index is 0.0836. The Labute approximate surface area is 115 Å². The molecule has 3 fully saturated rings. The quantitative estimate of drug-likeness (QED) is 0.534. The second-order valence-electron chi connectivity index (χ2n) is 6.71. The molecule has 0 bridgehead atoms. The number of hydrogen-bond acceptors (Lipinski definition) is 2. The Morgan fingerprint density at radius 2 is 1.63 bits per heavy atom. The van der Waals surface area contributed by atoms with Crippen LogP contribution in [-0.4, -0.2) is 53.4 Å². The third kappa shape index (κ3) is 2.20. The lowest BCUT2D eigenvalue weighted by Crippen LogP contribution is -2.67. The molecule has 3 aliphatic rings. The van der Waals surface area contributed by atoms with E-state index >= 15 is 0 Å². The Balaban J connectivity index is 1.86. The lowest BCUT2D eigenvalue weighted by Gasteiger charge is -2.53. The molecule has 4 heteroatoms. The van der Waals surface area contributed by atoms with Crippen molar-refractivity contribution in [3.05, 3.63) is 0 Å². The van der Waals surface area contributed by atoms with Crippen LogP contribution < -0.4 is 0 Å². The van der Waals surface area contributed by atoms with Crippen molar-refractivity contribution in [2.75, 3.05) is 20.1 Å². The SMILES string of the molecule is C[N@+]12CCCC[C@@H]1[C@@H](N1C(=O)CCCC1=O)CCC2. The van der Waals surface area contributed by atoms with Crippen LogP contribution in [0, 0.1) is 0 Å². The molecule has 3 heterocycles. The summed E-state index contributed by atoms with van der Waals surface area (Å²) in [5.41, 5.74) is 0. The van der Waals surface area contributed by atoms with E-state index in [2.05, 4.69) is 7.05 Å². The summed E-state index contributed by atoms with van der Waals surface area (Å²) in [5, 5.41) is 0. The summed E-state index contributed by atoms with van der Waals surface area (Å²) >= 11 is 0. The molecule has 3 atom stereocenters. The molecule has 0 aromatic rings. The fraction of sp³-hybridized carbons (Fsp3) is 0.867. The van der Waals surface area contributed by atoms with Gasteiger partial charge in [0.2, 0.25) is 11.8 Å². The number of amides is 2. The standard InChI is InChI=1S/C15H25N2O2/c1-17-10-3-2-7-13(17)12(6-5-11-17)16-14(18)8-4-9-15(16)19/h12-13H,2-11H2,1H3/q+1/t12-,13+,17+/m0/s1. The average molecular weight is 265 g/mol. The lowest BCUT2D eigenvalue weighted by atomic mass is 9.84. The third-order valence-electron chi connectivity index (χ3n) is 5.48. The minimum Gasteiger partial charge on any atom is -0.322 e. The zero-order valence-electron chi connectivity index (χ0n) is 11.9. The summed E-state index contributed by atoms with van der Waals surface area (Å²) in [5.74, 6) is 0.167. The van der Waals surface area contributed by atoms with Crippen molar-refractivity contribution in [3.63, 3.8) is 0 Å². The first-order valence-corrected chi connectivity index (χ1v) is 7.81. The predicted octanol–water partition coefficient (Wildman–Crippen LogP) is 1.69. The van der Waals surface area contributed by atoms with E-state index in [0.717, 1.165) is 23.7 Å². The number of piperidine rings is 3. The van der Waals surface area contributed by atoms with E-state index in [1.807, 2.05) is 0 Å². The molecule has 3 aliphatic heterocycles. The van der Waals surface area contributed by atoms with Crippen molar-refractivity contribution < 1.29 is 14.1 Å². The Morgan fingerprint density at radius 1 is 0.947 bits per heavy atom. The van der Waals surface area contributed by atoms with Gasteiger partial charge in [-0.25, -0.2) is 0 Å². The van der Waals surface area contributed by atoms with Crippen LogP contribution in [0.25, 0.3) is 0 Å². The Bertz CT molecular complexity index is 376. The Morgan fingerprint density at radius 3 is 2.37 bits per heavy atom. The highest BCUT2D eigenvalue weighted by atomic mass is 16.2. The normalized spacial score (nSPS) is 40.2. The van der Waals surface area contributed by atoms with Crippen LogP contribution in [0.5, 0.6) is 0 Å². The highest BCUT2D eigenvalue weighted by Gasteiger charge is 2.48. The molecule has 3 rings (SSSR count). The van der Waals surface area contributed by atoms with Crippen molar-refractivity contribution in [2.45, 2.75) is 63.5 Å². The van der Waals surface area contributed by atoms with E-state index in [1.165, 1.54) is 32.4 Å². The van der Waals surface area contributed by atoms with Crippen LogP contribution in [0.15, 0.2) is 0 Å². The van der Waals surface area contributed by atoms with Crippen molar-refractivity contribution in [3.8, 4) is 0 Å². The summed E-state index contributed by atoms with van der Waals surface area (Å²) < 4.78 is 1.09. The van der Waals surface area contributed by atoms with Gasteiger partial charge in [-0.2, -0.15) is 0 Å². The van der Waals surface area contributed by atoms with Crippen LogP contribution >= 0.6 is 0 Å². The largest absolute Gasteiger partial charge is 0.322 e. The Hall–Kier alpha value is -0.900. The minimum atomic E-state index is 0.0836. The van der Waals surface area contributed by atoms with E-state index in [0.29, 0.717) is 18.9 Å². The number of likely N-dealkylation sites (N-methyl/N-ethyl adjacent to an activating group) is 1. The van der Waals surface area contributed by atoms with E-state index in [-0.39, 0.29) is 17.9 Å². The van der Waals surface area contributed by atoms with Gasteiger partial charge in [-0.15, -0.1) is 0 Å². The van der Waals surface area contributed by atoms with Crippen LogP contribution in [0.4, 0.5) is 0 Å². The highest BCUT2D eigenvalue weighted by molar-refractivity contribution is 5.98. The zero-order valence-corrected chi connectivity index (χ0v) is 11.9. The number of rotatable bonds is 1. The molecule has 0 spiro atoms. The number of quaternary nitrogens is 1. The number of nitrogens with zero attached hydrogens (tertiary/aromatic N) is 2.